The largest absolute Gasteiger partial charge is 0.480 e. The van der Waals surface area contributed by atoms with E-state index in [0.717, 1.165) is 0 Å². The zero-order valence-electron chi connectivity index (χ0n) is 14.3. The number of carboxylic acid groups (broad SMARTS) is 4. The second-order valence-corrected chi connectivity index (χ2v) is 5.90. The van der Waals surface area contributed by atoms with Crippen LogP contribution in [0.15, 0.2) is 0 Å². The van der Waals surface area contributed by atoms with E-state index in [4.69, 9.17) is 20.4 Å². The van der Waals surface area contributed by atoms with Crippen LogP contribution in [0.2, 0.25) is 0 Å². The van der Waals surface area contributed by atoms with Crippen LogP contribution in [0, 0.1) is 0 Å². The molecule has 0 aliphatic carbocycles. The molecule has 0 aromatic carbocycles. The lowest BCUT2D eigenvalue weighted by Crippen LogP contribution is -2.55. The molecule has 1 aliphatic heterocycles. The highest BCUT2D eigenvalue weighted by atomic mass is 16.4. The lowest BCUT2D eigenvalue weighted by Gasteiger charge is -2.37. The molecular weight excluding hydrogens is 352 g/mol. The zero-order chi connectivity index (χ0) is 19.7. The molecule has 0 radical (unpaired) electrons. The van der Waals surface area contributed by atoms with Crippen LogP contribution in [0.4, 0.5) is 0 Å². The third-order valence-corrected chi connectivity index (χ3v) is 3.83. The van der Waals surface area contributed by atoms with Gasteiger partial charge in [-0.05, 0) is 0 Å². The Morgan fingerprint density at radius 1 is 0.500 bits per heavy atom. The number of aliphatic carboxylic acids is 4. The smallest absolute Gasteiger partial charge is 0.319 e. The van der Waals surface area contributed by atoms with Crippen molar-refractivity contribution in [1.29, 1.82) is 0 Å². The summed E-state index contributed by atoms with van der Waals surface area (Å²) in [6.07, 6.45) is 0. The number of hydrogen-bond acceptors (Lipinski definition) is 8. The van der Waals surface area contributed by atoms with E-state index in [2.05, 4.69) is 0 Å². The van der Waals surface area contributed by atoms with Crippen molar-refractivity contribution < 1.29 is 39.6 Å². The highest BCUT2D eigenvalue weighted by Gasteiger charge is 2.25. The number of carboxylic acids is 4. The molecule has 0 bridgehead atoms. The van der Waals surface area contributed by atoms with Crippen molar-refractivity contribution in [3.63, 3.8) is 0 Å². The first-order valence-corrected chi connectivity index (χ1v) is 7.99. The summed E-state index contributed by atoms with van der Waals surface area (Å²) >= 11 is 0. The molecule has 0 aromatic rings. The van der Waals surface area contributed by atoms with Gasteiger partial charge in [-0.3, -0.25) is 29.0 Å². The minimum atomic E-state index is -1.15. The fourth-order valence-corrected chi connectivity index (χ4v) is 2.67. The molecule has 1 rings (SSSR count). The van der Waals surface area contributed by atoms with E-state index in [1.807, 2.05) is 0 Å². The zero-order valence-corrected chi connectivity index (χ0v) is 14.3. The standard InChI is InChI=1S/C14H24N4O8/c19-11(20)7-15-1-2-16(8-12(21)22)4-6-18(10-14(25)26)17(5-3-15)9-13(23)24/h1-10H2,(H,19,20)(H,21,22)(H,23,24)(H,25,26). The van der Waals surface area contributed by atoms with Crippen LogP contribution in [-0.2, 0) is 19.2 Å². The second-order valence-electron chi connectivity index (χ2n) is 5.90. The van der Waals surface area contributed by atoms with Crippen LogP contribution in [-0.4, -0.2) is 130 Å². The average Bonchev–Trinajstić information content (AvgIpc) is 2.49. The molecule has 26 heavy (non-hydrogen) atoms. The Morgan fingerprint density at radius 3 is 1.04 bits per heavy atom. The molecule has 12 heteroatoms. The molecule has 0 spiro atoms. The molecule has 1 fully saturated rings. The summed E-state index contributed by atoms with van der Waals surface area (Å²) in [5.41, 5.74) is 0. The van der Waals surface area contributed by atoms with Gasteiger partial charge >= 0.3 is 23.9 Å². The highest BCUT2D eigenvalue weighted by Crippen LogP contribution is 2.05. The van der Waals surface area contributed by atoms with Gasteiger partial charge in [-0.1, -0.05) is 0 Å². The van der Waals surface area contributed by atoms with Gasteiger partial charge in [-0.2, -0.15) is 0 Å². The summed E-state index contributed by atoms with van der Waals surface area (Å²) in [7, 11) is 0. The maximum absolute atomic E-state index is 11.1. The molecule has 1 aliphatic rings. The number of hydrogen-bond donors (Lipinski definition) is 4. The van der Waals surface area contributed by atoms with Crippen LogP contribution in [0.25, 0.3) is 0 Å². The van der Waals surface area contributed by atoms with Gasteiger partial charge in [-0.15, -0.1) is 0 Å². The topological polar surface area (TPSA) is 162 Å². The van der Waals surface area contributed by atoms with E-state index in [1.54, 1.807) is 9.80 Å². The number of nitrogens with zero attached hydrogens (tertiary/aromatic N) is 4. The lowest BCUT2D eigenvalue weighted by molar-refractivity contribution is -0.154. The average molecular weight is 376 g/mol. The lowest BCUT2D eigenvalue weighted by atomic mass is 10.3. The fraction of sp³-hybridized carbons (Fsp3) is 0.714. The third kappa shape index (κ3) is 8.71. The molecule has 0 atom stereocenters. The third-order valence-electron chi connectivity index (χ3n) is 3.83. The maximum Gasteiger partial charge on any atom is 0.319 e. The normalized spacial score (nSPS) is 19.1. The summed E-state index contributed by atoms with van der Waals surface area (Å²) in [6.45, 7) is -0.120. The SMILES string of the molecule is O=C(O)CN1CCN(CC(=O)O)CCN(CC(=O)O)N(CC(=O)O)CC1. The van der Waals surface area contributed by atoms with Gasteiger partial charge in [0.25, 0.3) is 0 Å². The Morgan fingerprint density at radius 2 is 0.769 bits per heavy atom. The summed E-state index contributed by atoms with van der Waals surface area (Å²) in [6, 6.07) is 0. The predicted octanol–water partition coefficient (Wildman–Crippen LogP) is -2.54. The van der Waals surface area contributed by atoms with Gasteiger partial charge in [0.15, 0.2) is 0 Å². The van der Waals surface area contributed by atoms with Gasteiger partial charge in [0.05, 0.1) is 13.1 Å². The first-order chi connectivity index (χ1) is 12.2. The summed E-state index contributed by atoms with van der Waals surface area (Å²) < 4.78 is 0. The van der Waals surface area contributed by atoms with E-state index in [-0.39, 0.29) is 39.3 Å². The van der Waals surface area contributed by atoms with E-state index in [9.17, 15) is 19.2 Å². The molecule has 0 aromatic heterocycles. The minimum Gasteiger partial charge on any atom is -0.480 e. The van der Waals surface area contributed by atoms with Gasteiger partial charge in [-0.25, -0.2) is 10.0 Å². The van der Waals surface area contributed by atoms with Crippen LogP contribution < -0.4 is 0 Å². The minimum absolute atomic E-state index is 0.145. The Bertz CT molecular complexity index is 483. The van der Waals surface area contributed by atoms with Crippen molar-refractivity contribution in [2.75, 3.05) is 65.4 Å². The van der Waals surface area contributed by atoms with Crippen molar-refractivity contribution in [1.82, 2.24) is 19.8 Å². The van der Waals surface area contributed by atoms with Crippen LogP contribution in [0.1, 0.15) is 0 Å². The monoisotopic (exact) mass is 376 g/mol. The molecular formula is C14H24N4O8. The van der Waals surface area contributed by atoms with E-state index in [0.29, 0.717) is 13.1 Å². The van der Waals surface area contributed by atoms with E-state index in [1.165, 1.54) is 10.0 Å². The van der Waals surface area contributed by atoms with Crippen LogP contribution in [0.3, 0.4) is 0 Å². The van der Waals surface area contributed by atoms with Crippen LogP contribution in [0.5, 0.6) is 0 Å². The fourth-order valence-electron chi connectivity index (χ4n) is 2.67. The van der Waals surface area contributed by atoms with Crippen molar-refractivity contribution in [3.05, 3.63) is 0 Å². The molecule has 12 nitrogen and oxygen atoms in total. The first-order valence-electron chi connectivity index (χ1n) is 7.99. The van der Waals surface area contributed by atoms with Gasteiger partial charge in [0.1, 0.15) is 13.1 Å². The Balaban J connectivity index is 2.98. The first kappa shape index (κ1) is 21.8. The van der Waals surface area contributed by atoms with Gasteiger partial charge in [0, 0.05) is 39.3 Å². The van der Waals surface area contributed by atoms with E-state index >= 15 is 0 Å². The summed E-state index contributed by atoms with van der Waals surface area (Å²) in [4.78, 5) is 47.4. The highest BCUT2D eigenvalue weighted by molar-refractivity contribution is 5.70. The van der Waals surface area contributed by atoms with Gasteiger partial charge in [0.2, 0.25) is 0 Å². The van der Waals surface area contributed by atoms with E-state index < -0.39 is 37.0 Å². The second kappa shape index (κ2) is 10.7. The predicted molar refractivity (Wildman–Crippen MR) is 86.6 cm³/mol. The van der Waals surface area contributed by atoms with Crippen LogP contribution >= 0.6 is 0 Å². The molecule has 0 saturated carbocycles. The molecule has 1 saturated heterocycles. The summed E-state index contributed by atoms with van der Waals surface area (Å²) in [5.74, 6) is -4.41. The van der Waals surface area contributed by atoms with Gasteiger partial charge < -0.3 is 20.4 Å². The molecule has 4 N–H and O–H groups in total. The molecule has 0 amide bonds. The van der Waals surface area contributed by atoms with Crippen molar-refractivity contribution in [2.45, 2.75) is 0 Å². The Labute approximate surface area is 149 Å². The van der Waals surface area contributed by atoms with Crippen molar-refractivity contribution in [2.24, 2.45) is 0 Å². The molecule has 1 heterocycles. The molecule has 0 unspecified atom stereocenters. The maximum atomic E-state index is 11.1. The van der Waals surface area contributed by atoms with Crippen molar-refractivity contribution in [3.8, 4) is 0 Å². The Hall–Kier alpha value is -2.28. The number of rotatable bonds is 8. The van der Waals surface area contributed by atoms with Crippen molar-refractivity contribution >= 4 is 23.9 Å². The quantitative estimate of drug-likeness (QED) is 0.352. The number of hydrazine groups is 1. The summed E-state index contributed by atoms with van der Waals surface area (Å²) in [5, 5.41) is 38.8. The number of carbonyl (C=O) groups is 4. The Kier molecular flexibility index (Phi) is 8.92. The molecule has 148 valence electrons.